The van der Waals surface area contributed by atoms with Crippen LogP contribution in [-0.4, -0.2) is 19.1 Å². The van der Waals surface area contributed by atoms with Crippen molar-refractivity contribution < 1.29 is 9.53 Å². The van der Waals surface area contributed by atoms with E-state index in [2.05, 4.69) is 37.2 Å². The van der Waals surface area contributed by atoms with Gasteiger partial charge >= 0.3 is 0 Å². The Bertz CT molecular complexity index is 415. The largest absolute Gasteiger partial charge is 0.478 e. The van der Waals surface area contributed by atoms with Gasteiger partial charge in [0.2, 0.25) is 0 Å². The summed E-state index contributed by atoms with van der Waals surface area (Å²) < 4.78 is 7.22. The maximum atomic E-state index is 11.2. The number of benzene rings is 1. The van der Waals surface area contributed by atoms with Gasteiger partial charge in [-0.3, -0.25) is 4.79 Å². The molecule has 1 atom stereocenters. The molecule has 0 bridgehead atoms. The van der Waals surface area contributed by atoms with E-state index in [4.69, 9.17) is 10.5 Å². The van der Waals surface area contributed by atoms with E-state index in [1.807, 2.05) is 26.1 Å². The van der Waals surface area contributed by atoms with Crippen molar-refractivity contribution >= 4 is 37.8 Å². The molecule has 0 saturated carbocycles. The average molecular weight is 380 g/mol. The molecule has 4 nitrogen and oxygen atoms in total. The van der Waals surface area contributed by atoms with Gasteiger partial charge in [0.05, 0.1) is 8.95 Å². The first kappa shape index (κ1) is 15.5. The maximum absolute atomic E-state index is 11.2. The van der Waals surface area contributed by atoms with Gasteiger partial charge in [0.15, 0.2) is 6.10 Å². The van der Waals surface area contributed by atoms with Crippen molar-refractivity contribution in [3.63, 3.8) is 0 Å². The first-order chi connectivity index (χ1) is 8.49. The first-order valence-corrected chi connectivity index (χ1v) is 7.16. The summed E-state index contributed by atoms with van der Waals surface area (Å²) in [5, 5.41) is 3.07. The molecule has 1 rings (SSSR count). The molecule has 0 fully saturated rings. The van der Waals surface area contributed by atoms with E-state index in [0.29, 0.717) is 12.2 Å². The third kappa shape index (κ3) is 3.96. The molecule has 0 aliphatic rings. The molecule has 18 heavy (non-hydrogen) atoms. The molecule has 0 heterocycles. The normalized spacial score (nSPS) is 12.2. The fourth-order valence-electron chi connectivity index (χ4n) is 1.52. The summed E-state index contributed by atoms with van der Waals surface area (Å²) in [6.45, 7) is 2.61. The zero-order valence-corrected chi connectivity index (χ0v) is 13.5. The van der Waals surface area contributed by atoms with Gasteiger partial charge in [0.25, 0.3) is 5.91 Å². The molecule has 100 valence electrons. The van der Waals surface area contributed by atoms with Crippen molar-refractivity contribution in [1.82, 2.24) is 5.32 Å². The quantitative estimate of drug-likeness (QED) is 0.798. The number of amides is 1. The van der Waals surface area contributed by atoms with E-state index in [1.165, 1.54) is 0 Å². The zero-order chi connectivity index (χ0) is 13.7. The predicted octanol–water partition coefficient (Wildman–Crippen LogP) is 2.57. The SMILES string of the molecule is CCC(Oc1c(Br)cc(CNC)cc1Br)C(N)=O. The average Bonchev–Trinajstić information content (AvgIpc) is 2.28. The summed E-state index contributed by atoms with van der Waals surface area (Å²) in [6, 6.07) is 3.90. The number of rotatable bonds is 6. The molecule has 1 amide bonds. The smallest absolute Gasteiger partial charge is 0.258 e. The van der Waals surface area contributed by atoms with Crippen molar-refractivity contribution in [1.29, 1.82) is 0 Å². The third-order valence-electron chi connectivity index (χ3n) is 2.39. The Morgan fingerprint density at radius 1 is 1.44 bits per heavy atom. The van der Waals surface area contributed by atoms with Crippen LogP contribution in [0.5, 0.6) is 5.75 Å². The summed E-state index contributed by atoms with van der Waals surface area (Å²) in [5.74, 6) is 0.135. The first-order valence-electron chi connectivity index (χ1n) is 5.58. The second-order valence-electron chi connectivity index (χ2n) is 3.84. The number of halogens is 2. The topological polar surface area (TPSA) is 64.3 Å². The lowest BCUT2D eigenvalue weighted by Crippen LogP contribution is -2.33. The molecule has 0 saturated heterocycles. The van der Waals surface area contributed by atoms with Crippen LogP contribution in [-0.2, 0) is 11.3 Å². The lowest BCUT2D eigenvalue weighted by molar-refractivity contribution is -0.124. The van der Waals surface area contributed by atoms with Crippen LogP contribution in [0.15, 0.2) is 21.1 Å². The molecule has 1 aromatic rings. The Morgan fingerprint density at radius 3 is 2.39 bits per heavy atom. The predicted molar refractivity (Wildman–Crippen MR) is 78.5 cm³/mol. The Hall–Kier alpha value is -0.590. The second-order valence-corrected chi connectivity index (χ2v) is 5.54. The lowest BCUT2D eigenvalue weighted by Gasteiger charge is -2.17. The van der Waals surface area contributed by atoms with Crippen LogP contribution >= 0.6 is 31.9 Å². The van der Waals surface area contributed by atoms with Crippen LogP contribution in [0.1, 0.15) is 18.9 Å². The molecule has 0 radical (unpaired) electrons. The number of hydrogen-bond acceptors (Lipinski definition) is 3. The summed E-state index contributed by atoms with van der Waals surface area (Å²) in [4.78, 5) is 11.2. The molecule has 0 aliphatic heterocycles. The van der Waals surface area contributed by atoms with Crippen LogP contribution in [0, 0.1) is 0 Å². The number of ether oxygens (including phenoxy) is 1. The number of primary amides is 1. The lowest BCUT2D eigenvalue weighted by atomic mass is 10.2. The molecule has 1 aromatic carbocycles. The Morgan fingerprint density at radius 2 is 2.00 bits per heavy atom. The number of carbonyl (C=O) groups excluding carboxylic acids is 1. The Kier molecular flexibility index (Phi) is 6.11. The highest BCUT2D eigenvalue weighted by atomic mass is 79.9. The number of carbonyl (C=O) groups is 1. The fourth-order valence-corrected chi connectivity index (χ4v) is 2.98. The molecule has 0 aromatic heterocycles. The molecule has 0 spiro atoms. The van der Waals surface area contributed by atoms with Gasteiger partial charge in [-0.15, -0.1) is 0 Å². The standard InChI is InChI=1S/C12H16Br2N2O2/c1-3-10(12(15)17)18-11-8(13)4-7(6-16-2)5-9(11)14/h4-5,10,16H,3,6H2,1-2H3,(H2,15,17). The highest BCUT2D eigenvalue weighted by molar-refractivity contribution is 9.11. The monoisotopic (exact) mass is 378 g/mol. The van der Waals surface area contributed by atoms with Gasteiger partial charge in [0, 0.05) is 6.54 Å². The molecule has 6 heteroatoms. The Balaban J connectivity index is 2.99. The molecule has 3 N–H and O–H groups in total. The highest BCUT2D eigenvalue weighted by Gasteiger charge is 2.18. The fraction of sp³-hybridized carbons (Fsp3) is 0.417. The zero-order valence-electron chi connectivity index (χ0n) is 10.3. The van der Waals surface area contributed by atoms with E-state index >= 15 is 0 Å². The minimum Gasteiger partial charge on any atom is -0.478 e. The van der Waals surface area contributed by atoms with Crippen LogP contribution in [0.3, 0.4) is 0 Å². The van der Waals surface area contributed by atoms with Crippen molar-refractivity contribution in [2.75, 3.05) is 7.05 Å². The van der Waals surface area contributed by atoms with Gasteiger partial charge in [-0.05, 0) is 63.0 Å². The van der Waals surface area contributed by atoms with Crippen molar-refractivity contribution in [2.24, 2.45) is 5.73 Å². The van der Waals surface area contributed by atoms with Gasteiger partial charge in [-0.1, -0.05) is 6.92 Å². The minimum atomic E-state index is -0.618. The van der Waals surface area contributed by atoms with Gasteiger partial charge in [0.1, 0.15) is 5.75 Å². The van der Waals surface area contributed by atoms with E-state index in [1.54, 1.807) is 0 Å². The van der Waals surface area contributed by atoms with Crippen molar-refractivity contribution in [3.8, 4) is 5.75 Å². The van der Waals surface area contributed by atoms with Crippen LogP contribution in [0.25, 0.3) is 0 Å². The van der Waals surface area contributed by atoms with Crippen LogP contribution < -0.4 is 15.8 Å². The van der Waals surface area contributed by atoms with Gasteiger partial charge < -0.3 is 15.8 Å². The van der Waals surface area contributed by atoms with E-state index in [9.17, 15) is 4.79 Å². The third-order valence-corrected chi connectivity index (χ3v) is 3.57. The molecule has 1 unspecified atom stereocenters. The highest BCUT2D eigenvalue weighted by Crippen LogP contribution is 2.35. The van der Waals surface area contributed by atoms with Crippen LogP contribution in [0.4, 0.5) is 0 Å². The number of nitrogens with one attached hydrogen (secondary N) is 1. The van der Waals surface area contributed by atoms with E-state index in [-0.39, 0.29) is 0 Å². The van der Waals surface area contributed by atoms with E-state index < -0.39 is 12.0 Å². The number of nitrogens with two attached hydrogens (primary N) is 1. The minimum absolute atomic E-state index is 0.462. The van der Waals surface area contributed by atoms with E-state index in [0.717, 1.165) is 21.1 Å². The second kappa shape index (κ2) is 7.11. The summed E-state index contributed by atoms with van der Waals surface area (Å²) in [5.41, 5.74) is 6.38. The summed E-state index contributed by atoms with van der Waals surface area (Å²) in [6.07, 6.45) is -0.0836. The van der Waals surface area contributed by atoms with Gasteiger partial charge in [-0.25, -0.2) is 0 Å². The van der Waals surface area contributed by atoms with Crippen molar-refractivity contribution in [2.45, 2.75) is 26.0 Å². The van der Waals surface area contributed by atoms with Crippen molar-refractivity contribution in [3.05, 3.63) is 26.6 Å². The molecular weight excluding hydrogens is 364 g/mol. The van der Waals surface area contributed by atoms with Crippen LogP contribution in [0.2, 0.25) is 0 Å². The summed E-state index contributed by atoms with van der Waals surface area (Å²) in [7, 11) is 1.88. The number of hydrogen-bond donors (Lipinski definition) is 2. The maximum Gasteiger partial charge on any atom is 0.258 e. The van der Waals surface area contributed by atoms with Gasteiger partial charge in [-0.2, -0.15) is 0 Å². The summed E-state index contributed by atoms with van der Waals surface area (Å²) >= 11 is 6.88. The molecule has 0 aliphatic carbocycles. The molecular formula is C12H16Br2N2O2. The Labute approximate surface area is 124 Å².